The van der Waals surface area contributed by atoms with Gasteiger partial charge in [0.15, 0.2) is 5.82 Å². The van der Waals surface area contributed by atoms with E-state index in [1.807, 2.05) is 49.1 Å². The van der Waals surface area contributed by atoms with Crippen molar-refractivity contribution in [2.45, 2.75) is 58.0 Å². The second-order valence-electron chi connectivity index (χ2n) is 9.86. The molecule has 1 aliphatic heterocycles. The van der Waals surface area contributed by atoms with Gasteiger partial charge in [-0.25, -0.2) is 4.98 Å². The molecule has 37 heavy (non-hydrogen) atoms. The lowest BCUT2D eigenvalue weighted by molar-refractivity contribution is -0.120. The van der Waals surface area contributed by atoms with Crippen LogP contribution in [0, 0.1) is 6.92 Å². The molecule has 0 saturated carbocycles. The summed E-state index contributed by atoms with van der Waals surface area (Å²) in [6, 6.07) is 9.82. The fourth-order valence-corrected chi connectivity index (χ4v) is 5.01. The van der Waals surface area contributed by atoms with E-state index in [0.29, 0.717) is 24.0 Å². The summed E-state index contributed by atoms with van der Waals surface area (Å²) in [5.41, 5.74) is 2.01. The van der Waals surface area contributed by atoms with E-state index in [9.17, 15) is 4.79 Å². The zero-order valence-corrected chi connectivity index (χ0v) is 21.9. The number of hydrogen-bond donors (Lipinski definition) is 2. The van der Waals surface area contributed by atoms with Crippen LogP contribution in [0.15, 0.2) is 41.1 Å². The molecule has 1 aliphatic rings. The van der Waals surface area contributed by atoms with Crippen LogP contribution in [0.5, 0.6) is 0 Å². The molecule has 1 saturated heterocycles. The van der Waals surface area contributed by atoms with E-state index in [0.717, 1.165) is 47.2 Å². The van der Waals surface area contributed by atoms with Crippen LogP contribution in [0.1, 0.15) is 44.2 Å². The monoisotopic (exact) mass is 502 g/mol. The van der Waals surface area contributed by atoms with Gasteiger partial charge in [0, 0.05) is 55.5 Å². The number of fused-ring (bicyclic) bond motifs is 1. The van der Waals surface area contributed by atoms with Gasteiger partial charge < -0.3 is 15.2 Å². The molecule has 10 heteroatoms. The zero-order valence-electron chi connectivity index (χ0n) is 21.9. The SMILES string of the molecule is CCCCCc1cc(NC(=O)C2CC(Nc3nccc4ccc(-c5noc(C)n5)cc34)CN2C)nn1C. The summed E-state index contributed by atoms with van der Waals surface area (Å²) < 4.78 is 7.01. The molecule has 0 aliphatic carbocycles. The number of aromatic nitrogens is 5. The number of carbonyl (C=O) groups excluding carboxylic acids is 1. The first-order valence-corrected chi connectivity index (χ1v) is 12.9. The topological polar surface area (TPSA) is 114 Å². The second kappa shape index (κ2) is 10.7. The van der Waals surface area contributed by atoms with E-state index in [2.05, 4.69) is 42.7 Å². The molecule has 5 rings (SSSR count). The summed E-state index contributed by atoms with van der Waals surface area (Å²) in [7, 11) is 3.91. The lowest BCUT2D eigenvalue weighted by Gasteiger charge is -2.17. The molecular weight excluding hydrogens is 468 g/mol. The first-order valence-electron chi connectivity index (χ1n) is 12.9. The van der Waals surface area contributed by atoms with Crippen molar-refractivity contribution in [1.29, 1.82) is 0 Å². The van der Waals surface area contributed by atoms with Crippen molar-refractivity contribution in [3.8, 4) is 11.4 Å². The third-order valence-electron chi connectivity index (χ3n) is 7.01. The number of pyridine rings is 1. The van der Waals surface area contributed by atoms with Crippen LogP contribution in [-0.2, 0) is 18.3 Å². The summed E-state index contributed by atoms with van der Waals surface area (Å²) in [5, 5.41) is 17.2. The van der Waals surface area contributed by atoms with Gasteiger partial charge in [-0.1, -0.05) is 37.1 Å². The maximum Gasteiger partial charge on any atom is 0.243 e. The molecule has 1 aromatic carbocycles. The minimum atomic E-state index is -0.254. The molecule has 2 N–H and O–H groups in total. The van der Waals surface area contributed by atoms with Crippen molar-refractivity contribution < 1.29 is 9.32 Å². The highest BCUT2D eigenvalue weighted by Crippen LogP contribution is 2.29. The van der Waals surface area contributed by atoms with Gasteiger partial charge in [0.05, 0.1) is 6.04 Å². The van der Waals surface area contributed by atoms with Gasteiger partial charge in [0.25, 0.3) is 0 Å². The van der Waals surface area contributed by atoms with E-state index in [1.54, 1.807) is 13.1 Å². The number of unbranched alkanes of at least 4 members (excludes halogenated alkanes) is 2. The Morgan fingerprint density at radius 1 is 1.19 bits per heavy atom. The summed E-state index contributed by atoms with van der Waals surface area (Å²) >= 11 is 0. The minimum absolute atomic E-state index is 0.0364. The first-order chi connectivity index (χ1) is 17.9. The van der Waals surface area contributed by atoms with Crippen LogP contribution in [0.25, 0.3) is 22.2 Å². The Labute approximate surface area is 216 Å². The largest absolute Gasteiger partial charge is 0.365 e. The van der Waals surface area contributed by atoms with Crippen LogP contribution in [-0.4, -0.2) is 61.4 Å². The quantitative estimate of drug-likeness (QED) is 0.328. The molecule has 4 aromatic rings. The molecule has 10 nitrogen and oxygen atoms in total. The molecule has 3 aromatic heterocycles. The van der Waals surface area contributed by atoms with Crippen LogP contribution in [0.3, 0.4) is 0 Å². The molecular formula is C27H34N8O2. The standard InChI is InChI=1S/C27H34N8O2/c1-5-6-7-8-21-15-24(32-35(21)4)31-27(36)23-14-20(16-34(23)3)30-26-22-13-19(25-29-17(2)37-33-25)10-9-18(22)11-12-28-26/h9-13,15,20,23H,5-8,14,16H2,1-4H3,(H,28,30)(H,31,32,36). The van der Waals surface area contributed by atoms with E-state index in [1.165, 1.54) is 12.8 Å². The maximum absolute atomic E-state index is 13.2. The lowest BCUT2D eigenvalue weighted by Crippen LogP contribution is -2.37. The van der Waals surface area contributed by atoms with Gasteiger partial charge in [-0.2, -0.15) is 10.1 Å². The highest BCUT2D eigenvalue weighted by Gasteiger charge is 2.35. The fourth-order valence-electron chi connectivity index (χ4n) is 5.01. The smallest absolute Gasteiger partial charge is 0.243 e. The Hall–Kier alpha value is -3.79. The maximum atomic E-state index is 13.2. The molecule has 1 fully saturated rings. The molecule has 0 radical (unpaired) electrons. The van der Waals surface area contributed by atoms with E-state index >= 15 is 0 Å². The number of aryl methyl sites for hydroxylation is 3. The Bertz CT molecular complexity index is 1390. The zero-order chi connectivity index (χ0) is 25.9. The summed E-state index contributed by atoms with van der Waals surface area (Å²) in [6.45, 7) is 4.69. The number of benzene rings is 1. The third-order valence-corrected chi connectivity index (χ3v) is 7.01. The van der Waals surface area contributed by atoms with Crippen LogP contribution >= 0.6 is 0 Å². The molecule has 2 unspecified atom stereocenters. The number of likely N-dealkylation sites (tertiary alicyclic amines) is 1. The van der Waals surface area contributed by atoms with E-state index in [4.69, 9.17) is 4.52 Å². The molecule has 1 amide bonds. The fraction of sp³-hybridized carbons (Fsp3) is 0.444. The number of likely N-dealkylation sites (N-methyl/N-ethyl adjacent to an activating group) is 1. The second-order valence-corrected chi connectivity index (χ2v) is 9.86. The number of rotatable bonds is 9. The predicted octanol–water partition coefficient (Wildman–Crippen LogP) is 4.18. The van der Waals surface area contributed by atoms with Crippen LogP contribution in [0.2, 0.25) is 0 Å². The number of anilines is 2. The Morgan fingerprint density at radius 3 is 2.84 bits per heavy atom. The average Bonchev–Trinajstić information content (AvgIpc) is 3.57. The number of hydrogen-bond acceptors (Lipinski definition) is 8. The summed E-state index contributed by atoms with van der Waals surface area (Å²) in [5.74, 6) is 2.43. The van der Waals surface area contributed by atoms with Gasteiger partial charge >= 0.3 is 0 Å². The summed E-state index contributed by atoms with van der Waals surface area (Å²) in [4.78, 5) is 24.2. The van der Waals surface area contributed by atoms with Crippen molar-refractivity contribution in [1.82, 2.24) is 29.8 Å². The van der Waals surface area contributed by atoms with Crippen LogP contribution < -0.4 is 10.6 Å². The molecule has 0 spiro atoms. The first kappa shape index (κ1) is 24.9. The van der Waals surface area contributed by atoms with Gasteiger partial charge in [-0.05, 0) is 43.8 Å². The Balaban J connectivity index is 1.27. The van der Waals surface area contributed by atoms with Crippen molar-refractivity contribution in [2.24, 2.45) is 7.05 Å². The highest BCUT2D eigenvalue weighted by molar-refractivity contribution is 5.95. The number of carbonyl (C=O) groups is 1. The molecule has 0 bridgehead atoms. The highest BCUT2D eigenvalue weighted by atomic mass is 16.5. The number of amides is 1. The van der Waals surface area contributed by atoms with Crippen molar-refractivity contribution in [3.05, 3.63) is 48.1 Å². The van der Waals surface area contributed by atoms with E-state index in [-0.39, 0.29) is 18.0 Å². The minimum Gasteiger partial charge on any atom is -0.365 e. The predicted molar refractivity (Wildman–Crippen MR) is 143 cm³/mol. The average molecular weight is 503 g/mol. The van der Waals surface area contributed by atoms with Gasteiger partial charge in [0.2, 0.25) is 17.6 Å². The van der Waals surface area contributed by atoms with Crippen molar-refractivity contribution in [2.75, 3.05) is 24.2 Å². The Kier molecular flexibility index (Phi) is 7.18. The van der Waals surface area contributed by atoms with Crippen LogP contribution in [0.4, 0.5) is 11.6 Å². The van der Waals surface area contributed by atoms with Gasteiger partial charge in [-0.3, -0.25) is 14.4 Å². The normalized spacial score (nSPS) is 17.9. The number of nitrogens with one attached hydrogen (secondary N) is 2. The Morgan fingerprint density at radius 2 is 2.05 bits per heavy atom. The third kappa shape index (κ3) is 5.48. The molecule has 4 heterocycles. The lowest BCUT2D eigenvalue weighted by atomic mass is 10.1. The number of nitrogens with zero attached hydrogens (tertiary/aromatic N) is 6. The van der Waals surface area contributed by atoms with Crippen molar-refractivity contribution in [3.63, 3.8) is 0 Å². The molecule has 194 valence electrons. The van der Waals surface area contributed by atoms with Crippen molar-refractivity contribution >= 4 is 28.3 Å². The van der Waals surface area contributed by atoms with E-state index < -0.39 is 0 Å². The summed E-state index contributed by atoms with van der Waals surface area (Å²) in [6.07, 6.45) is 6.93. The van der Waals surface area contributed by atoms with Gasteiger partial charge in [0.1, 0.15) is 5.82 Å². The molecule has 2 atom stereocenters. The van der Waals surface area contributed by atoms with Gasteiger partial charge in [-0.15, -0.1) is 0 Å².